The molecule has 0 fully saturated rings. The van der Waals surface area contributed by atoms with Crippen LogP contribution in [0.5, 0.6) is 0 Å². The zero-order chi connectivity index (χ0) is 14.4. The van der Waals surface area contributed by atoms with E-state index in [0.29, 0.717) is 12.1 Å². The van der Waals surface area contributed by atoms with Gasteiger partial charge in [0.2, 0.25) is 0 Å². The van der Waals surface area contributed by atoms with Crippen LogP contribution in [-0.2, 0) is 11.2 Å². The number of aliphatic carboxylic acids is 1. The van der Waals surface area contributed by atoms with E-state index in [4.69, 9.17) is 5.11 Å². The van der Waals surface area contributed by atoms with Crippen LogP contribution in [0.1, 0.15) is 11.1 Å². The van der Waals surface area contributed by atoms with E-state index < -0.39 is 12.0 Å². The number of carbonyl (C=O) groups is 1. The Morgan fingerprint density at radius 2 is 2.21 bits per heavy atom. The molecule has 5 heteroatoms. The molecular formula is C14H21FN2O2. The maximum absolute atomic E-state index is 13.1. The highest BCUT2D eigenvalue weighted by atomic mass is 19.1. The largest absolute Gasteiger partial charge is 0.480 e. The molecule has 1 atom stereocenters. The SMILES string of the molecule is CNC(CN(C)CCc1ccc(F)c(C)c1)C(=O)O. The van der Waals surface area contributed by atoms with Gasteiger partial charge < -0.3 is 15.3 Å². The number of rotatable bonds is 7. The van der Waals surface area contributed by atoms with Crippen LogP contribution in [0.2, 0.25) is 0 Å². The molecule has 0 amide bonds. The molecule has 0 radical (unpaired) electrons. The van der Waals surface area contributed by atoms with Crippen molar-refractivity contribution in [3.8, 4) is 0 Å². The Labute approximate surface area is 113 Å². The number of carboxylic acid groups (broad SMARTS) is 1. The second kappa shape index (κ2) is 7.21. The molecule has 1 unspecified atom stereocenters. The molecular weight excluding hydrogens is 247 g/mol. The third-order valence-corrected chi connectivity index (χ3v) is 3.15. The Hall–Kier alpha value is -1.46. The normalized spacial score (nSPS) is 12.7. The summed E-state index contributed by atoms with van der Waals surface area (Å²) in [6.45, 7) is 2.91. The zero-order valence-corrected chi connectivity index (χ0v) is 11.6. The Bertz CT molecular complexity index is 437. The van der Waals surface area contributed by atoms with Crippen molar-refractivity contribution in [2.24, 2.45) is 0 Å². The highest BCUT2D eigenvalue weighted by Crippen LogP contribution is 2.10. The van der Waals surface area contributed by atoms with Crippen molar-refractivity contribution < 1.29 is 14.3 Å². The highest BCUT2D eigenvalue weighted by molar-refractivity contribution is 5.73. The van der Waals surface area contributed by atoms with Crippen LogP contribution in [0, 0.1) is 12.7 Å². The fraction of sp³-hybridized carbons (Fsp3) is 0.500. The summed E-state index contributed by atoms with van der Waals surface area (Å²) in [6.07, 6.45) is 0.772. The molecule has 1 rings (SSSR count). The molecule has 0 saturated carbocycles. The topological polar surface area (TPSA) is 52.6 Å². The van der Waals surface area contributed by atoms with E-state index in [1.807, 2.05) is 18.0 Å². The molecule has 1 aromatic rings. The van der Waals surface area contributed by atoms with Gasteiger partial charge in [-0.3, -0.25) is 4.79 Å². The van der Waals surface area contributed by atoms with Gasteiger partial charge in [0, 0.05) is 13.1 Å². The highest BCUT2D eigenvalue weighted by Gasteiger charge is 2.16. The second-order valence-electron chi connectivity index (χ2n) is 4.78. The van der Waals surface area contributed by atoms with Crippen LogP contribution in [0.25, 0.3) is 0 Å². The van der Waals surface area contributed by atoms with Crippen LogP contribution in [0.15, 0.2) is 18.2 Å². The van der Waals surface area contributed by atoms with Gasteiger partial charge in [0.1, 0.15) is 11.9 Å². The maximum atomic E-state index is 13.1. The average molecular weight is 268 g/mol. The van der Waals surface area contributed by atoms with Crippen LogP contribution in [0.4, 0.5) is 4.39 Å². The average Bonchev–Trinajstić information content (AvgIpc) is 2.37. The predicted octanol–water partition coefficient (Wildman–Crippen LogP) is 1.28. The first kappa shape index (κ1) is 15.6. The molecule has 1 aromatic carbocycles. The van der Waals surface area contributed by atoms with E-state index in [1.54, 1.807) is 20.0 Å². The molecule has 0 spiro atoms. The minimum absolute atomic E-state index is 0.196. The summed E-state index contributed by atoms with van der Waals surface area (Å²) in [5, 5.41) is 11.7. The van der Waals surface area contributed by atoms with E-state index in [0.717, 1.165) is 18.5 Å². The van der Waals surface area contributed by atoms with Crippen molar-refractivity contribution >= 4 is 5.97 Å². The molecule has 2 N–H and O–H groups in total. The fourth-order valence-corrected chi connectivity index (χ4v) is 1.88. The van der Waals surface area contributed by atoms with Crippen molar-refractivity contribution in [3.63, 3.8) is 0 Å². The van der Waals surface area contributed by atoms with Crippen LogP contribution in [-0.4, -0.2) is 49.2 Å². The van der Waals surface area contributed by atoms with Gasteiger partial charge >= 0.3 is 5.97 Å². The Kier molecular flexibility index (Phi) is 5.92. The standard InChI is InChI=1S/C14H21FN2O2/c1-10-8-11(4-5-12(10)15)6-7-17(3)9-13(16-2)14(18)19/h4-5,8,13,16H,6-7,9H2,1-3H3,(H,18,19). The van der Waals surface area contributed by atoms with Gasteiger partial charge in [-0.05, 0) is 44.6 Å². The number of carboxylic acids is 1. The number of likely N-dealkylation sites (N-methyl/N-ethyl adjacent to an activating group) is 2. The smallest absolute Gasteiger partial charge is 0.322 e. The van der Waals surface area contributed by atoms with Gasteiger partial charge in [0.15, 0.2) is 0 Å². The first-order valence-corrected chi connectivity index (χ1v) is 6.27. The molecule has 0 aliphatic rings. The molecule has 0 bridgehead atoms. The summed E-state index contributed by atoms with van der Waals surface area (Å²) in [7, 11) is 3.51. The summed E-state index contributed by atoms with van der Waals surface area (Å²) < 4.78 is 13.1. The van der Waals surface area contributed by atoms with Crippen molar-refractivity contribution in [2.75, 3.05) is 27.2 Å². The number of hydrogen-bond acceptors (Lipinski definition) is 3. The van der Waals surface area contributed by atoms with Gasteiger partial charge in [-0.1, -0.05) is 12.1 Å². The maximum Gasteiger partial charge on any atom is 0.322 e. The lowest BCUT2D eigenvalue weighted by Crippen LogP contribution is -2.43. The molecule has 0 aliphatic carbocycles. The molecule has 4 nitrogen and oxygen atoms in total. The summed E-state index contributed by atoms with van der Waals surface area (Å²) >= 11 is 0. The van der Waals surface area contributed by atoms with Crippen LogP contribution >= 0.6 is 0 Å². The van der Waals surface area contributed by atoms with Gasteiger partial charge in [0.25, 0.3) is 0 Å². The van der Waals surface area contributed by atoms with Crippen LogP contribution < -0.4 is 5.32 Å². The first-order chi connectivity index (χ1) is 8.93. The van der Waals surface area contributed by atoms with Crippen molar-refractivity contribution in [2.45, 2.75) is 19.4 Å². The number of nitrogens with zero attached hydrogens (tertiary/aromatic N) is 1. The lowest BCUT2D eigenvalue weighted by molar-refractivity contribution is -0.139. The number of halogens is 1. The summed E-state index contributed by atoms with van der Waals surface area (Å²) in [5.41, 5.74) is 1.70. The van der Waals surface area contributed by atoms with Crippen molar-refractivity contribution in [1.29, 1.82) is 0 Å². The zero-order valence-electron chi connectivity index (χ0n) is 11.6. The molecule has 0 aliphatic heterocycles. The van der Waals surface area contributed by atoms with E-state index in [9.17, 15) is 9.18 Å². The Morgan fingerprint density at radius 1 is 1.53 bits per heavy atom. The predicted molar refractivity (Wildman–Crippen MR) is 72.8 cm³/mol. The van der Waals surface area contributed by atoms with Gasteiger partial charge in [-0.15, -0.1) is 0 Å². The summed E-state index contributed by atoms with van der Waals surface area (Å²) in [5.74, 6) is -1.05. The van der Waals surface area contributed by atoms with E-state index in [1.165, 1.54) is 6.07 Å². The minimum atomic E-state index is -0.855. The molecule has 106 valence electrons. The van der Waals surface area contributed by atoms with Crippen molar-refractivity contribution in [1.82, 2.24) is 10.2 Å². The van der Waals surface area contributed by atoms with Gasteiger partial charge in [-0.2, -0.15) is 0 Å². The molecule has 0 heterocycles. The first-order valence-electron chi connectivity index (χ1n) is 6.27. The fourth-order valence-electron chi connectivity index (χ4n) is 1.88. The van der Waals surface area contributed by atoms with Gasteiger partial charge in [-0.25, -0.2) is 4.39 Å². The summed E-state index contributed by atoms with van der Waals surface area (Å²) in [4.78, 5) is 12.8. The van der Waals surface area contributed by atoms with Gasteiger partial charge in [0.05, 0.1) is 0 Å². The second-order valence-corrected chi connectivity index (χ2v) is 4.78. The molecule has 0 saturated heterocycles. The minimum Gasteiger partial charge on any atom is -0.480 e. The number of hydrogen-bond donors (Lipinski definition) is 2. The number of nitrogens with one attached hydrogen (secondary N) is 1. The summed E-state index contributed by atoms with van der Waals surface area (Å²) in [6, 6.07) is 4.50. The quantitative estimate of drug-likeness (QED) is 0.782. The Balaban J connectivity index is 2.47. The third-order valence-electron chi connectivity index (χ3n) is 3.15. The number of aryl methyl sites for hydroxylation is 1. The van der Waals surface area contributed by atoms with E-state index >= 15 is 0 Å². The Morgan fingerprint density at radius 3 is 2.74 bits per heavy atom. The molecule has 19 heavy (non-hydrogen) atoms. The molecule has 0 aromatic heterocycles. The number of benzene rings is 1. The third kappa shape index (κ3) is 4.96. The van der Waals surface area contributed by atoms with Crippen molar-refractivity contribution in [3.05, 3.63) is 35.1 Å². The lowest BCUT2D eigenvalue weighted by Gasteiger charge is -2.21. The lowest BCUT2D eigenvalue weighted by atomic mass is 10.1. The monoisotopic (exact) mass is 268 g/mol. The van der Waals surface area contributed by atoms with Crippen LogP contribution in [0.3, 0.4) is 0 Å². The van der Waals surface area contributed by atoms with E-state index in [-0.39, 0.29) is 5.82 Å². The van der Waals surface area contributed by atoms with E-state index in [2.05, 4.69) is 5.32 Å².